The number of carboxylic acid groups (broad SMARTS) is 4. The molecule has 0 aliphatic heterocycles. The minimum atomic E-state index is -3.52. The number of nitrogens with one attached hydrogen (secondary N) is 4. The molecule has 7 saturated carbocycles. The predicted molar refractivity (Wildman–Crippen MR) is 435 cm³/mol. The molecule has 0 heterocycles. The number of carbonyl (C=O) groups is 4. The Morgan fingerprint density at radius 2 is 0.917 bits per heavy atom. The molecule has 0 amide bonds. The van der Waals surface area contributed by atoms with Gasteiger partial charge in [-0.05, 0) is 268 Å². The van der Waals surface area contributed by atoms with E-state index in [1.807, 2.05) is 91.9 Å². The summed E-state index contributed by atoms with van der Waals surface area (Å²) in [6, 6.07) is 34.2. The Hall–Kier alpha value is -6.63. The number of unbranched alkanes of at least 4 members (excludes halogenated alkanes) is 5. The molecule has 10 atom stereocenters. The van der Waals surface area contributed by atoms with Crippen molar-refractivity contribution in [3.05, 3.63) is 195 Å². The zero-order chi connectivity index (χ0) is 77.6. The number of fused-ring (bicyclic) bond motifs is 5. The highest BCUT2D eigenvalue weighted by Crippen LogP contribution is 2.51. The molecule has 0 radical (unpaired) electrons. The Morgan fingerprint density at radius 1 is 0.454 bits per heavy atom. The van der Waals surface area contributed by atoms with E-state index in [0.29, 0.717) is 72.0 Å². The van der Waals surface area contributed by atoms with Crippen LogP contribution in [0.1, 0.15) is 221 Å². The van der Waals surface area contributed by atoms with Gasteiger partial charge in [0.2, 0.25) is 30.1 Å². The zero-order valence-electron chi connectivity index (χ0n) is 63.1. The molecule has 7 aliphatic carbocycles. The molecule has 108 heavy (non-hydrogen) atoms. The van der Waals surface area contributed by atoms with Crippen molar-refractivity contribution >= 4 is 82.0 Å². The maximum atomic E-state index is 12.9. The number of aliphatic carboxylic acids is 4. The van der Waals surface area contributed by atoms with E-state index < -0.39 is 53.9 Å². The highest BCUT2D eigenvalue weighted by Gasteiger charge is 2.48. The number of aryl methyl sites for hydroxylation is 1. The van der Waals surface area contributed by atoms with E-state index >= 15 is 0 Å². The van der Waals surface area contributed by atoms with Crippen molar-refractivity contribution in [2.75, 3.05) is 6.54 Å². The van der Waals surface area contributed by atoms with Crippen LogP contribution >= 0.6 is 15.9 Å². The second-order valence-electron chi connectivity index (χ2n) is 30.2. The van der Waals surface area contributed by atoms with Crippen molar-refractivity contribution in [3.8, 4) is 0 Å². The second kappa shape index (κ2) is 47.6. The Kier molecular flexibility index (Phi) is 39.0. The molecule has 0 aromatic heterocycles. The van der Waals surface area contributed by atoms with Crippen LogP contribution in [0.25, 0.3) is 12.2 Å². The lowest BCUT2D eigenvalue weighted by molar-refractivity contribution is -0.138. The largest absolute Gasteiger partial charge is 0.481 e. The van der Waals surface area contributed by atoms with Crippen molar-refractivity contribution in [2.45, 2.75) is 236 Å². The second-order valence-corrected chi connectivity index (χ2v) is 36.1. The standard InChI is InChI=1S/C22H31NO4S.C22H29NO4S.C21H30BrNO2.C21H29NO4S/c1-16-8-14-19(15-9-16)28(26,27)23-22-18-12-10-17(11-13-18)20(22)6-4-2-3-5-7-21(24)25;24-21(25)11-7-2-1-6-10-20-18-12-13-19(16-18)22(20)23-28(26,27)15-14-17-8-4-3-5-9-17;22-20-13-11-17(12-14-20)15-23-16-19-9-6-5-8-18(19)7-3-1-2-4-10-21(24)25;23-21(24)15-7-2-1-6-12-19-13-8-9-14-20(19)22-27(25,26)17-16-18-10-4-3-5-11-18/h2,4,8-9,14-15,17-18,20,22-23H,3,5-7,10-13H2,1H3,(H,24,25);1,3-6,8-9,14-15,18-20,22-23H,2,7,10-13,16H2,(H,24,25);3,7,11-14,18-19,23H,1-2,4-6,8-10,15-16H2,(H,24,25);1,3-6,10-11,16-17,19-20,22H,2,7-9,12-15H2,(H,23,24)/b4-2-;6-1-,15-14+;7-3-;6-1-,17-16+/t17?,18?,20-,22?;18-,19+,20+,22?;18-,19+;19-,20?/m0100/s1. The summed E-state index contributed by atoms with van der Waals surface area (Å²) in [7, 11) is -10.5. The lowest BCUT2D eigenvalue weighted by Crippen LogP contribution is -2.53. The average molecular weight is 1610 g/mol. The normalized spacial score (nSPS) is 24.2. The van der Waals surface area contributed by atoms with Gasteiger partial charge in [-0.25, -0.2) is 39.4 Å². The van der Waals surface area contributed by atoms with Crippen LogP contribution in [0.15, 0.2) is 178 Å². The summed E-state index contributed by atoms with van der Waals surface area (Å²) in [5.41, 5.74) is 4.08. The molecule has 11 rings (SSSR count). The molecule has 7 aliphatic rings. The molecule has 4 bridgehead atoms. The van der Waals surface area contributed by atoms with Gasteiger partial charge in [-0.15, -0.1) is 0 Å². The first-order valence-corrected chi connectivity index (χ1v) is 44.8. The first-order valence-electron chi connectivity index (χ1n) is 39.5. The highest BCUT2D eigenvalue weighted by molar-refractivity contribution is 9.10. The number of carboxylic acids is 4. The SMILES string of the molecule is Cc1ccc(S(=O)(=O)NC2C3CCC(CC3)[C@@H]2C/C=C\CCCC(=O)O)cc1.O=C(O)CCC/C=C\C[C@@H]1C(NS(=O)(=O)/C=C/c2ccccc2)[C@H]2CC[C@@H]1C2.O=C(O)CCC/C=C\C[C@H]1CCCCC1NS(=O)(=O)/C=C/c1ccccc1.O=C(O)CCCC/C=C\[C@H]1CCCC[C@@H]1CNCc1ccc(Br)cc1. The van der Waals surface area contributed by atoms with Gasteiger partial charge in [0, 0.05) is 65.6 Å². The Bertz CT molecular complexity index is 3900. The van der Waals surface area contributed by atoms with Gasteiger partial charge in [0.1, 0.15) is 0 Å². The van der Waals surface area contributed by atoms with Gasteiger partial charge in [0.25, 0.3) is 0 Å². The van der Waals surface area contributed by atoms with Crippen LogP contribution in [0.3, 0.4) is 0 Å². The molecule has 0 saturated heterocycles. The summed E-state index contributed by atoms with van der Waals surface area (Å²) in [5, 5.41) is 40.8. The van der Waals surface area contributed by atoms with Crippen LogP contribution in [0.5, 0.6) is 0 Å². The van der Waals surface area contributed by atoms with Crippen LogP contribution in [-0.4, -0.2) is 94.2 Å². The number of halogens is 1. The van der Waals surface area contributed by atoms with E-state index in [-0.39, 0.29) is 43.3 Å². The Balaban J connectivity index is 0.000000201. The first-order chi connectivity index (χ1) is 51.9. The molecular formula is C86H119BrN4O14S3. The number of rotatable bonds is 39. The van der Waals surface area contributed by atoms with Gasteiger partial charge in [-0.3, -0.25) is 19.2 Å². The number of benzene rings is 4. The maximum absolute atomic E-state index is 12.9. The lowest BCUT2D eigenvalue weighted by atomic mass is 9.61. The summed E-state index contributed by atoms with van der Waals surface area (Å²) in [6.45, 7) is 3.95. The molecule has 8 N–H and O–H groups in total. The van der Waals surface area contributed by atoms with Crippen LogP contribution in [0.2, 0.25) is 0 Å². The number of hydrogen-bond acceptors (Lipinski definition) is 11. The van der Waals surface area contributed by atoms with Crippen LogP contribution in [-0.2, 0) is 55.8 Å². The van der Waals surface area contributed by atoms with Gasteiger partial charge < -0.3 is 25.7 Å². The molecule has 0 spiro atoms. The van der Waals surface area contributed by atoms with E-state index in [2.05, 4.69) is 96.1 Å². The van der Waals surface area contributed by atoms with Crippen molar-refractivity contribution in [1.82, 2.24) is 19.5 Å². The summed E-state index contributed by atoms with van der Waals surface area (Å²) in [6.07, 6.45) is 47.9. The minimum absolute atomic E-state index is 0.00663. The van der Waals surface area contributed by atoms with Gasteiger partial charge in [-0.2, -0.15) is 0 Å². The fourth-order valence-electron chi connectivity index (χ4n) is 16.4. The molecule has 3 unspecified atom stereocenters. The molecule has 18 nitrogen and oxygen atoms in total. The summed E-state index contributed by atoms with van der Waals surface area (Å²) >= 11 is 3.47. The third kappa shape index (κ3) is 33.5. The average Bonchev–Trinajstić information content (AvgIpc) is 1.23. The quantitative estimate of drug-likeness (QED) is 0.0152. The third-order valence-electron chi connectivity index (χ3n) is 22.2. The smallest absolute Gasteiger partial charge is 0.303 e. The first kappa shape index (κ1) is 88.6. The minimum Gasteiger partial charge on any atom is -0.481 e. The Labute approximate surface area is 652 Å². The van der Waals surface area contributed by atoms with E-state index in [0.717, 1.165) is 149 Å². The molecular weight excluding hydrogens is 1490 g/mol. The van der Waals surface area contributed by atoms with Crippen LogP contribution in [0.4, 0.5) is 0 Å². The van der Waals surface area contributed by atoms with Gasteiger partial charge in [0.05, 0.1) is 4.90 Å². The van der Waals surface area contributed by atoms with Crippen LogP contribution < -0.4 is 19.5 Å². The summed E-state index contributed by atoms with van der Waals surface area (Å²) in [4.78, 5) is 42.5. The number of allylic oxidation sites excluding steroid dienone is 8. The summed E-state index contributed by atoms with van der Waals surface area (Å²) in [5.74, 6) is 1.34. The van der Waals surface area contributed by atoms with Gasteiger partial charge in [-0.1, -0.05) is 181 Å². The van der Waals surface area contributed by atoms with E-state index in [1.165, 1.54) is 61.3 Å². The molecule has 22 heteroatoms. The fraction of sp³-hybridized carbons (Fsp3) is 0.535. The molecule has 592 valence electrons. The lowest BCUT2D eigenvalue weighted by Gasteiger charge is -2.48. The molecule has 4 aromatic carbocycles. The molecule has 4 aromatic rings. The Morgan fingerprint density at radius 3 is 1.48 bits per heavy atom. The van der Waals surface area contributed by atoms with Gasteiger partial charge in [0.15, 0.2) is 0 Å². The van der Waals surface area contributed by atoms with Crippen molar-refractivity contribution < 1.29 is 64.9 Å². The van der Waals surface area contributed by atoms with Gasteiger partial charge >= 0.3 is 23.9 Å². The van der Waals surface area contributed by atoms with E-state index in [1.54, 1.807) is 24.3 Å². The fourth-order valence-corrected chi connectivity index (χ4v) is 20.3. The molecule has 7 fully saturated rings. The number of hydrogen-bond donors (Lipinski definition) is 8. The maximum Gasteiger partial charge on any atom is 0.303 e. The van der Waals surface area contributed by atoms with E-state index in [9.17, 15) is 44.4 Å². The predicted octanol–water partition coefficient (Wildman–Crippen LogP) is 18.4. The number of sulfonamides is 3. The van der Waals surface area contributed by atoms with Crippen molar-refractivity contribution in [3.63, 3.8) is 0 Å². The highest BCUT2D eigenvalue weighted by atomic mass is 79.9. The van der Waals surface area contributed by atoms with E-state index in [4.69, 9.17) is 20.4 Å². The topological polar surface area (TPSA) is 300 Å². The van der Waals surface area contributed by atoms with Crippen molar-refractivity contribution in [2.24, 2.45) is 53.3 Å². The third-order valence-corrected chi connectivity index (χ3v) is 26.4. The van der Waals surface area contributed by atoms with Crippen LogP contribution in [0, 0.1) is 60.2 Å². The monoisotopic (exact) mass is 1610 g/mol. The van der Waals surface area contributed by atoms with Crippen molar-refractivity contribution in [1.29, 1.82) is 0 Å². The zero-order valence-corrected chi connectivity index (χ0v) is 67.1. The summed E-state index contributed by atoms with van der Waals surface area (Å²) < 4.78 is 85.9.